The summed E-state index contributed by atoms with van der Waals surface area (Å²) in [6, 6.07) is 9.56. The molecule has 0 saturated carbocycles. The minimum atomic E-state index is 0.455. The molecular formula is C23H27ClN8. The summed E-state index contributed by atoms with van der Waals surface area (Å²) < 4.78 is 0. The Labute approximate surface area is 193 Å². The maximum absolute atomic E-state index is 6.11. The van der Waals surface area contributed by atoms with E-state index in [4.69, 9.17) is 21.6 Å². The van der Waals surface area contributed by atoms with E-state index in [0.29, 0.717) is 28.6 Å². The van der Waals surface area contributed by atoms with Crippen LogP contribution < -0.4 is 10.2 Å². The Morgan fingerprint density at radius 1 is 1.03 bits per heavy atom. The highest BCUT2D eigenvalue weighted by molar-refractivity contribution is 6.30. The Hall–Kier alpha value is -3.23. The van der Waals surface area contributed by atoms with Gasteiger partial charge in [-0.1, -0.05) is 35.9 Å². The molecule has 0 amide bonds. The molecule has 32 heavy (non-hydrogen) atoms. The molecule has 0 spiro atoms. The third-order valence-corrected chi connectivity index (χ3v) is 5.34. The van der Waals surface area contributed by atoms with Crippen molar-refractivity contribution in [3.63, 3.8) is 0 Å². The van der Waals surface area contributed by atoms with Crippen LogP contribution in [-0.4, -0.2) is 63.3 Å². The van der Waals surface area contributed by atoms with Crippen LogP contribution in [0.1, 0.15) is 30.4 Å². The summed E-state index contributed by atoms with van der Waals surface area (Å²) in [5.41, 5.74) is 1.88. The average Bonchev–Trinajstić information content (AvgIpc) is 3.09. The first-order valence-electron chi connectivity index (χ1n) is 10.7. The quantitative estimate of drug-likeness (QED) is 0.577. The van der Waals surface area contributed by atoms with Gasteiger partial charge in [-0.05, 0) is 56.8 Å². The zero-order chi connectivity index (χ0) is 22.3. The van der Waals surface area contributed by atoms with Crippen LogP contribution in [0.25, 0.3) is 18.2 Å². The highest BCUT2D eigenvalue weighted by atomic mass is 35.5. The maximum Gasteiger partial charge on any atom is 0.233 e. The summed E-state index contributed by atoms with van der Waals surface area (Å²) in [7, 11) is 2.14. The van der Waals surface area contributed by atoms with Crippen molar-refractivity contribution in [1.82, 2.24) is 30.0 Å². The number of hydrogen-bond donors (Lipinski definition) is 2. The van der Waals surface area contributed by atoms with Gasteiger partial charge in [0.15, 0.2) is 11.6 Å². The van der Waals surface area contributed by atoms with E-state index in [0.717, 1.165) is 43.9 Å². The number of rotatable bonds is 6. The van der Waals surface area contributed by atoms with Gasteiger partial charge in [-0.3, -0.25) is 5.10 Å². The van der Waals surface area contributed by atoms with Crippen LogP contribution in [0.4, 0.5) is 17.7 Å². The Kier molecular flexibility index (Phi) is 7.14. The first-order chi connectivity index (χ1) is 15.6. The number of halogens is 1. The Morgan fingerprint density at radius 3 is 2.78 bits per heavy atom. The monoisotopic (exact) mass is 450 g/mol. The van der Waals surface area contributed by atoms with Crippen LogP contribution in [-0.2, 0) is 0 Å². The molecule has 0 radical (unpaired) electrons. The largest absolute Gasteiger partial charge is 0.339 e. The van der Waals surface area contributed by atoms with Gasteiger partial charge in [0, 0.05) is 30.7 Å². The number of nitrogens with one attached hydrogen (secondary N) is 2. The number of benzene rings is 1. The third kappa shape index (κ3) is 5.93. The second-order valence-electron chi connectivity index (χ2n) is 7.68. The fourth-order valence-corrected chi connectivity index (χ4v) is 3.66. The van der Waals surface area contributed by atoms with E-state index in [1.165, 1.54) is 0 Å². The minimum Gasteiger partial charge on any atom is -0.339 e. The van der Waals surface area contributed by atoms with Crippen LogP contribution in [0.5, 0.6) is 0 Å². The van der Waals surface area contributed by atoms with E-state index in [1.54, 1.807) is 0 Å². The zero-order valence-corrected chi connectivity index (χ0v) is 19.0. The molecule has 166 valence electrons. The Balaban J connectivity index is 1.63. The molecule has 1 aliphatic heterocycles. The summed E-state index contributed by atoms with van der Waals surface area (Å²) in [5, 5.41) is 11.2. The second kappa shape index (κ2) is 10.4. The van der Waals surface area contributed by atoms with Gasteiger partial charge in [-0.25, -0.2) is 0 Å². The van der Waals surface area contributed by atoms with Crippen molar-refractivity contribution >= 4 is 47.5 Å². The van der Waals surface area contributed by atoms with Crippen LogP contribution in [0.2, 0.25) is 5.02 Å². The van der Waals surface area contributed by atoms with E-state index >= 15 is 0 Å². The molecule has 3 aromatic rings. The van der Waals surface area contributed by atoms with E-state index in [-0.39, 0.29) is 0 Å². The number of nitrogens with zero attached hydrogens (tertiary/aromatic N) is 6. The molecule has 4 rings (SSSR count). The van der Waals surface area contributed by atoms with E-state index in [1.807, 2.05) is 61.6 Å². The lowest BCUT2D eigenvalue weighted by atomic mass is 10.2. The smallest absolute Gasteiger partial charge is 0.233 e. The summed E-state index contributed by atoms with van der Waals surface area (Å²) in [4.78, 5) is 18.5. The first-order valence-corrected chi connectivity index (χ1v) is 11.1. The van der Waals surface area contributed by atoms with Crippen LogP contribution in [0.3, 0.4) is 0 Å². The lowest BCUT2D eigenvalue weighted by molar-refractivity contribution is 0.360. The fourth-order valence-electron chi connectivity index (χ4n) is 3.46. The number of H-pyrrole nitrogens is 1. The summed E-state index contributed by atoms with van der Waals surface area (Å²) >= 11 is 6.11. The second-order valence-corrected chi connectivity index (χ2v) is 8.12. The Morgan fingerprint density at radius 2 is 1.94 bits per heavy atom. The van der Waals surface area contributed by atoms with Crippen LogP contribution in [0, 0.1) is 0 Å². The standard InChI is InChI=1S/C23H27ClN8/c1-3-6-19-16-21(30-29-19)26-22-25-20(10-9-17-7-4-8-18(24)15-17)27-23(28-22)32-12-5-11-31(2)13-14-32/h3-4,6-10,15-16H,5,11-14H2,1-2H3,(H2,25,26,27,28,29,30)/b6-3+,10-9+. The van der Waals surface area contributed by atoms with Crippen LogP contribution in [0.15, 0.2) is 36.4 Å². The molecule has 1 saturated heterocycles. The number of anilines is 3. The third-order valence-electron chi connectivity index (χ3n) is 5.10. The van der Waals surface area contributed by atoms with E-state index < -0.39 is 0 Å². The lowest BCUT2D eigenvalue weighted by Gasteiger charge is -2.21. The summed E-state index contributed by atoms with van der Waals surface area (Å²) in [5.74, 6) is 2.33. The van der Waals surface area contributed by atoms with Gasteiger partial charge in [0.1, 0.15) is 0 Å². The molecule has 1 aliphatic rings. The van der Waals surface area contributed by atoms with Gasteiger partial charge in [0.05, 0.1) is 5.69 Å². The van der Waals surface area contributed by atoms with Gasteiger partial charge in [0.2, 0.25) is 11.9 Å². The van der Waals surface area contributed by atoms with Gasteiger partial charge >= 0.3 is 0 Å². The molecule has 1 fully saturated rings. The molecule has 2 N–H and O–H groups in total. The number of aromatic amines is 1. The molecule has 0 bridgehead atoms. The van der Waals surface area contributed by atoms with Gasteiger partial charge in [0.25, 0.3) is 0 Å². The number of aromatic nitrogens is 5. The molecule has 0 unspecified atom stereocenters. The topological polar surface area (TPSA) is 85.9 Å². The van der Waals surface area contributed by atoms with Crippen molar-refractivity contribution in [1.29, 1.82) is 0 Å². The SMILES string of the molecule is C/C=C/c1cc(Nc2nc(/C=C/c3cccc(Cl)c3)nc(N3CCCN(C)CC3)n2)n[nH]1. The van der Waals surface area contributed by atoms with Crippen molar-refractivity contribution in [3.8, 4) is 0 Å². The van der Waals surface area contributed by atoms with Gasteiger partial charge in [-0.15, -0.1) is 0 Å². The van der Waals surface area contributed by atoms with Gasteiger partial charge in [-0.2, -0.15) is 20.1 Å². The Bertz CT molecular complexity index is 1110. The predicted molar refractivity (Wildman–Crippen MR) is 131 cm³/mol. The van der Waals surface area contributed by atoms with Crippen molar-refractivity contribution in [3.05, 3.63) is 58.5 Å². The molecule has 1 aromatic carbocycles. The molecule has 3 heterocycles. The average molecular weight is 451 g/mol. The maximum atomic E-state index is 6.11. The summed E-state index contributed by atoms with van der Waals surface area (Å²) in [6.07, 6.45) is 8.79. The summed E-state index contributed by atoms with van der Waals surface area (Å²) in [6.45, 7) is 5.76. The van der Waals surface area contributed by atoms with Crippen molar-refractivity contribution < 1.29 is 0 Å². The molecule has 8 nitrogen and oxygen atoms in total. The van der Waals surface area contributed by atoms with Crippen molar-refractivity contribution in [2.75, 3.05) is 43.4 Å². The van der Waals surface area contributed by atoms with Crippen molar-refractivity contribution in [2.45, 2.75) is 13.3 Å². The molecule has 0 atom stereocenters. The number of likely N-dealkylation sites (N-methyl/N-ethyl adjacent to an activating group) is 1. The number of allylic oxidation sites excluding steroid dienone is 1. The first kappa shape index (κ1) is 22.0. The lowest BCUT2D eigenvalue weighted by Crippen LogP contribution is -2.30. The van der Waals surface area contributed by atoms with E-state index in [2.05, 4.69) is 37.3 Å². The minimum absolute atomic E-state index is 0.455. The van der Waals surface area contributed by atoms with Gasteiger partial charge < -0.3 is 15.1 Å². The molecule has 2 aromatic heterocycles. The highest BCUT2D eigenvalue weighted by Gasteiger charge is 2.17. The molecule has 9 heteroatoms. The zero-order valence-electron chi connectivity index (χ0n) is 18.3. The van der Waals surface area contributed by atoms with E-state index in [9.17, 15) is 0 Å². The highest BCUT2D eigenvalue weighted by Crippen LogP contribution is 2.19. The van der Waals surface area contributed by atoms with Crippen LogP contribution >= 0.6 is 11.6 Å². The number of hydrogen-bond acceptors (Lipinski definition) is 7. The molecular weight excluding hydrogens is 424 g/mol. The predicted octanol–water partition coefficient (Wildman–Crippen LogP) is 4.34. The van der Waals surface area contributed by atoms with Crippen molar-refractivity contribution in [2.24, 2.45) is 0 Å². The molecule has 0 aliphatic carbocycles. The fraction of sp³-hybridized carbons (Fsp3) is 0.304. The normalized spacial score (nSPS) is 15.5.